The summed E-state index contributed by atoms with van der Waals surface area (Å²) in [5.74, 6) is -0.867. The maximum absolute atomic E-state index is 15.2. The summed E-state index contributed by atoms with van der Waals surface area (Å²) < 4.78 is 113. The van der Waals surface area contributed by atoms with E-state index in [-0.39, 0.29) is 29.2 Å². The summed E-state index contributed by atoms with van der Waals surface area (Å²) in [7, 11) is 2.67. The minimum atomic E-state index is -5.06. The summed E-state index contributed by atoms with van der Waals surface area (Å²) in [5, 5.41) is 0. The summed E-state index contributed by atoms with van der Waals surface area (Å²) in [6, 6.07) is 9.35. The molecule has 262 valence electrons. The first kappa shape index (κ1) is 35.7. The van der Waals surface area contributed by atoms with E-state index in [2.05, 4.69) is 4.74 Å². The van der Waals surface area contributed by atoms with Crippen molar-refractivity contribution in [1.29, 1.82) is 0 Å². The number of hydrogen-bond donors (Lipinski definition) is 0. The van der Waals surface area contributed by atoms with Crippen molar-refractivity contribution in [2.45, 2.75) is 64.5 Å². The lowest BCUT2D eigenvalue weighted by molar-refractivity contribution is -0.143. The smallest absolute Gasteiger partial charge is 0.416 e. The van der Waals surface area contributed by atoms with Crippen molar-refractivity contribution < 1.29 is 54.5 Å². The fourth-order valence-corrected chi connectivity index (χ4v) is 6.50. The van der Waals surface area contributed by atoms with Gasteiger partial charge in [-0.05, 0) is 96.3 Å². The van der Waals surface area contributed by atoms with E-state index in [9.17, 15) is 35.9 Å². The first-order chi connectivity index (χ1) is 22.8. The highest BCUT2D eigenvalue weighted by Crippen LogP contribution is 2.47. The number of cyclic esters (lactones) is 1. The average Bonchev–Trinajstić information content (AvgIpc) is 3.31. The van der Waals surface area contributed by atoms with Gasteiger partial charge in [-0.15, -0.1) is 0 Å². The van der Waals surface area contributed by atoms with Gasteiger partial charge in [0.15, 0.2) is 0 Å². The van der Waals surface area contributed by atoms with Gasteiger partial charge < -0.3 is 14.2 Å². The number of esters is 1. The number of amides is 1. The van der Waals surface area contributed by atoms with Gasteiger partial charge in [-0.25, -0.2) is 14.0 Å². The number of hydrogen-bond acceptors (Lipinski definition) is 5. The zero-order valence-corrected chi connectivity index (χ0v) is 27.3. The van der Waals surface area contributed by atoms with Crippen LogP contribution in [0.4, 0.5) is 35.5 Å². The van der Waals surface area contributed by atoms with Gasteiger partial charge in [0.2, 0.25) is 0 Å². The van der Waals surface area contributed by atoms with Crippen LogP contribution in [-0.2, 0) is 21.8 Å². The molecule has 1 heterocycles. The van der Waals surface area contributed by atoms with Crippen LogP contribution in [0.2, 0.25) is 0 Å². The molecular formula is C36H34F7NO5. The molecule has 3 aromatic carbocycles. The van der Waals surface area contributed by atoms with Crippen LogP contribution in [0.3, 0.4) is 0 Å². The molecule has 0 saturated carbocycles. The zero-order valence-electron chi connectivity index (χ0n) is 27.3. The Kier molecular flexibility index (Phi) is 9.52. The molecular weight excluding hydrogens is 659 g/mol. The molecule has 0 aromatic heterocycles. The summed E-state index contributed by atoms with van der Waals surface area (Å²) >= 11 is 0. The number of nitrogens with zero attached hydrogens (tertiary/aromatic N) is 1. The van der Waals surface area contributed by atoms with E-state index < -0.39 is 59.1 Å². The number of rotatable bonds is 7. The molecule has 1 aliphatic heterocycles. The van der Waals surface area contributed by atoms with Crippen molar-refractivity contribution in [2.24, 2.45) is 5.41 Å². The summed E-state index contributed by atoms with van der Waals surface area (Å²) in [6.45, 7) is 5.59. The molecule has 1 saturated heterocycles. The van der Waals surface area contributed by atoms with E-state index in [0.29, 0.717) is 41.9 Å². The SMILES string of the molecule is COC(=O)c1ccc(-c2ccc(OC)c(C3=C(CN4C(=O)OC(c5cc(C(F)(F)F)cc(C(F)(F)F)c5)[C@@H]4C)CC(C)(C)CC3)c2)c(F)c1. The maximum Gasteiger partial charge on any atom is 0.416 e. The van der Waals surface area contributed by atoms with E-state index in [1.807, 2.05) is 13.8 Å². The minimum absolute atomic E-state index is 0.0179. The summed E-state index contributed by atoms with van der Waals surface area (Å²) in [4.78, 5) is 26.5. The Bertz CT molecular complexity index is 1780. The molecule has 6 nitrogen and oxygen atoms in total. The van der Waals surface area contributed by atoms with Gasteiger partial charge in [0.1, 0.15) is 17.7 Å². The number of allylic oxidation sites excluding steroid dienone is 1. The number of carbonyl (C=O) groups is 2. The molecule has 1 aliphatic carbocycles. The second-order valence-corrected chi connectivity index (χ2v) is 13.0. The van der Waals surface area contributed by atoms with Crippen LogP contribution in [0.15, 0.2) is 60.2 Å². The van der Waals surface area contributed by atoms with Gasteiger partial charge >= 0.3 is 24.4 Å². The number of methoxy groups -OCH3 is 2. The molecule has 0 radical (unpaired) electrons. The van der Waals surface area contributed by atoms with Crippen molar-refractivity contribution >= 4 is 17.6 Å². The first-order valence-electron chi connectivity index (χ1n) is 15.4. The molecule has 2 atom stereocenters. The van der Waals surface area contributed by atoms with Crippen LogP contribution in [0, 0.1) is 11.2 Å². The van der Waals surface area contributed by atoms with Crippen LogP contribution < -0.4 is 4.74 Å². The van der Waals surface area contributed by atoms with E-state index in [1.165, 1.54) is 38.2 Å². The van der Waals surface area contributed by atoms with E-state index in [1.54, 1.807) is 18.2 Å². The Morgan fingerprint density at radius 3 is 2.16 bits per heavy atom. The van der Waals surface area contributed by atoms with E-state index in [0.717, 1.165) is 23.6 Å². The standard InChI is InChI=1S/C36H34F7NO5/c1-19-31(22-12-24(35(38,39)40)16-25(13-22)36(41,42)43)49-33(46)44(19)18-23-17-34(2,3)11-10-26(23)28-14-20(7-9-30(28)47-4)27-8-6-21(15-29(27)37)32(45)48-5/h6-9,12-16,19,31H,10-11,17-18H2,1-5H3/t19-,31?/m0/s1. The highest BCUT2D eigenvalue weighted by molar-refractivity contribution is 5.90. The second-order valence-electron chi connectivity index (χ2n) is 13.0. The van der Waals surface area contributed by atoms with Gasteiger partial charge in [-0.1, -0.05) is 26.0 Å². The van der Waals surface area contributed by atoms with Crippen molar-refractivity contribution in [1.82, 2.24) is 4.90 Å². The van der Waals surface area contributed by atoms with Gasteiger partial charge in [-0.3, -0.25) is 4.90 Å². The van der Waals surface area contributed by atoms with Gasteiger partial charge in [-0.2, -0.15) is 26.3 Å². The van der Waals surface area contributed by atoms with Gasteiger partial charge in [0.25, 0.3) is 0 Å². The lowest BCUT2D eigenvalue weighted by Gasteiger charge is -2.36. The predicted molar refractivity (Wildman–Crippen MR) is 166 cm³/mol. The van der Waals surface area contributed by atoms with Crippen molar-refractivity contribution in [2.75, 3.05) is 20.8 Å². The van der Waals surface area contributed by atoms with Gasteiger partial charge in [0.05, 0.1) is 37.0 Å². The molecule has 1 fully saturated rings. The van der Waals surface area contributed by atoms with E-state index in [4.69, 9.17) is 9.47 Å². The summed E-state index contributed by atoms with van der Waals surface area (Å²) in [6.07, 6.45) is -10.6. The third kappa shape index (κ3) is 7.40. The molecule has 0 N–H and O–H groups in total. The Morgan fingerprint density at radius 2 is 1.59 bits per heavy atom. The normalized spacial score (nSPS) is 19.6. The predicted octanol–water partition coefficient (Wildman–Crippen LogP) is 9.87. The molecule has 2 aliphatic rings. The zero-order chi connectivity index (χ0) is 36.1. The molecule has 0 bridgehead atoms. The summed E-state index contributed by atoms with van der Waals surface area (Å²) in [5.41, 5.74) is -0.651. The van der Waals surface area contributed by atoms with Crippen LogP contribution in [-0.4, -0.2) is 43.8 Å². The number of alkyl halides is 6. The monoisotopic (exact) mass is 693 g/mol. The van der Waals surface area contributed by atoms with Crippen molar-refractivity contribution in [3.8, 4) is 16.9 Å². The molecule has 3 aromatic rings. The van der Waals surface area contributed by atoms with Crippen LogP contribution in [0.25, 0.3) is 16.7 Å². The topological polar surface area (TPSA) is 65.1 Å². The Hall–Kier alpha value is -4.55. The maximum atomic E-state index is 15.2. The van der Waals surface area contributed by atoms with Crippen molar-refractivity contribution in [3.05, 3.63) is 93.8 Å². The molecule has 49 heavy (non-hydrogen) atoms. The molecule has 1 unspecified atom stereocenters. The second kappa shape index (κ2) is 13.1. The lowest BCUT2D eigenvalue weighted by atomic mass is 9.72. The highest BCUT2D eigenvalue weighted by atomic mass is 19.4. The fourth-order valence-electron chi connectivity index (χ4n) is 6.50. The minimum Gasteiger partial charge on any atom is -0.496 e. The van der Waals surface area contributed by atoms with Crippen LogP contribution in [0.5, 0.6) is 5.75 Å². The quantitative estimate of drug-likeness (QED) is 0.182. The molecule has 13 heteroatoms. The van der Waals surface area contributed by atoms with Gasteiger partial charge in [0, 0.05) is 17.7 Å². The number of halogens is 7. The third-order valence-electron chi connectivity index (χ3n) is 9.09. The number of carbonyl (C=O) groups excluding carboxylic acids is 2. The highest BCUT2D eigenvalue weighted by Gasteiger charge is 2.44. The van der Waals surface area contributed by atoms with Crippen LogP contribution >= 0.6 is 0 Å². The lowest BCUT2D eigenvalue weighted by Crippen LogP contribution is -2.35. The molecule has 0 spiro atoms. The largest absolute Gasteiger partial charge is 0.496 e. The van der Waals surface area contributed by atoms with E-state index >= 15 is 4.39 Å². The Morgan fingerprint density at radius 1 is 0.939 bits per heavy atom. The van der Waals surface area contributed by atoms with Crippen LogP contribution in [0.1, 0.15) is 78.7 Å². The number of benzene rings is 3. The first-order valence-corrected chi connectivity index (χ1v) is 15.4. The molecule has 1 amide bonds. The van der Waals surface area contributed by atoms with Crippen molar-refractivity contribution in [3.63, 3.8) is 0 Å². The average molecular weight is 694 g/mol. The third-order valence-corrected chi connectivity index (χ3v) is 9.09. The Labute approximate surface area is 278 Å². The Balaban J connectivity index is 1.54. The number of ether oxygens (including phenoxy) is 3. The fraction of sp³-hybridized carbons (Fsp3) is 0.389. The molecule has 5 rings (SSSR count).